The van der Waals surface area contributed by atoms with Gasteiger partial charge in [0, 0.05) is 29.3 Å². The number of benzene rings is 2. The number of halogens is 2. The summed E-state index contributed by atoms with van der Waals surface area (Å²) in [6.45, 7) is 3.18. The molecule has 1 fully saturated rings. The van der Waals surface area contributed by atoms with Crippen LogP contribution in [0.1, 0.15) is 18.4 Å². The molecule has 1 aliphatic heterocycles. The van der Waals surface area contributed by atoms with Crippen LogP contribution in [-0.4, -0.2) is 30.8 Å². The summed E-state index contributed by atoms with van der Waals surface area (Å²) in [6.07, 6.45) is 2.00. The molecule has 0 spiro atoms. The van der Waals surface area contributed by atoms with Crippen LogP contribution >= 0.6 is 23.4 Å². The molecule has 138 valence electrons. The van der Waals surface area contributed by atoms with Crippen LogP contribution in [0, 0.1) is 5.82 Å². The lowest BCUT2D eigenvalue weighted by atomic mass is 10.0. The summed E-state index contributed by atoms with van der Waals surface area (Å²) in [5.74, 6) is -0.101. The second-order valence-corrected chi connectivity index (χ2v) is 8.07. The third kappa shape index (κ3) is 5.73. The number of carbonyl (C=O) groups is 1. The number of rotatable bonds is 6. The highest BCUT2D eigenvalue weighted by Crippen LogP contribution is 2.23. The molecule has 1 heterocycles. The molecular formula is C20H23ClFN2OS+. The van der Waals surface area contributed by atoms with Gasteiger partial charge in [0.25, 0.3) is 0 Å². The number of piperidine rings is 1. The SMILES string of the molecule is O=C(CSc1ccc(F)c(Cl)c1)NC1CC[NH+](Cc2ccccc2)CC1. The standard InChI is InChI=1S/C20H22ClFN2OS/c21-18-12-17(6-7-19(18)22)26-14-20(25)23-16-8-10-24(11-9-16)13-15-4-2-1-3-5-15/h1-7,12,16H,8-11,13-14H2,(H,23,25)/p+1. The van der Waals surface area contributed by atoms with Crippen molar-refractivity contribution in [3.8, 4) is 0 Å². The van der Waals surface area contributed by atoms with Crippen LogP contribution in [0.25, 0.3) is 0 Å². The van der Waals surface area contributed by atoms with E-state index in [1.165, 1.54) is 23.4 Å². The van der Waals surface area contributed by atoms with E-state index in [1.807, 2.05) is 6.07 Å². The molecule has 26 heavy (non-hydrogen) atoms. The quantitative estimate of drug-likeness (QED) is 0.740. The van der Waals surface area contributed by atoms with E-state index < -0.39 is 5.82 Å². The molecule has 1 aliphatic rings. The van der Waals surface area contributed by atoms with E-state index >= 15 is 0 Å². The van der Waals surface area contributed by atoms with Crippen molar-refractivity contribution in [3.05, 3.63) is 64.9 Å². The van der Waals surface area contributed by atoms with E-state index in [4.69, 9.17) is 11.6 Å². The van der Waals surface area contributed by atoms with Crippen molar-refractivity contribution in [2.75, 3.05) is 18.8 Å². The average Bonchev–Trinajstić information content (AvgIpc) is 2.65. The zero-order chi connectivity index (χ0) is 18.4. The largest absolute Gasteiger partial charge is 0.352 e. The molecular weight excluding hydrogens is 371 g/mol. The van der Waals surface area contributed by atoms with Gasteiger partial charge < -0.3 is 10.2 Å². The lowest BCUT2D eigenvalue weighted by molar-refractivity contribution is -0.918. The number of likely N-dealkylation sites (tertiary alicyclic amines) is 1. The van der Waals surface area contributed by atoms with E-state index in [2.05, 4.69) is 29.6 Å². The van der Waals surface area contributed by atoms with E-state index in [1.54, 1.807) is 17.0 Å². The van der Waals surface area contributed by atoms with Crippen molar-refractivity contribution in [2.45, 2.75) is 30.3 Å². The van der Waals surface area contributed by atoms with Crippen molar-refractivity contribution in [1.82, 2.24) is 5.32 Å². The Balaban J connectivity index is 1.38. The van der Waals surface area contributed by atoms with Crippen LogP contribution in [0.3, 0.4) is 0 Å². The van der Waals surface area contributed by atoms with Gasteiger partial charge >= 0.3 is 0 Å². The Kier molecular flexibility index (Phi) is 6.94. The second-order valence-electron chi connectivity index (χ2n) is 6.62. The minimum atomic E-state index is -0.440. The summed E-state index contributed by atoms with van der Waals surface area (Å²) in [5, 5.41) is 3.21. The maximum Gasteiger partial charge on any atom is 0.230 e. The van der Waals surface area contributed by atoms with Crippen LogP contribution < -0.4 is 10.2 Å². The number of quaternary nitrogens is 1. The summed E-state index contributed by atoms with van der Waals surface area (Å²) < 4.78 is 13.2. The van der Waals surface area contributed by atoms with Crippen LogP contribution in [0.15, 0.2) is 53.4 Å². The molecule has 2 aromatic carbocycles. The molecule has 2 aromatic rings. The molecule has 1 saturated heterocycles. The van der Waals surface area contributed by atoms with Gasteiger partial charge in [-0.25, -0.2) is 4.39 Å². The third-order valence-corrected chi connectivity index (χ3v) is 5.90. The van der Waals surface area contributed by atoms with Gasteiger partial charge in [0.05, 0.1) is 23.9 Å². The topological polar surface area (TPSA) is 33.5 Å². The molecule has 0 aromatic heterocycles. The fourth-order valence-corrected chi connectivity index (χ4v) is 4.21. The highest BCUT2D eigenvalue weighted by molar-refractivity contribution is 8.00. The fraction of sp³-hybridized carbons (Fsp3) is 0.350. The predicted octanol–water partition coefficient (Wildman–Crippen LogP) is 2.93. The minimum absolute atomic E-state index is 0.0203. The Morgan fingerprint density at radius 2 is 1.92 bits per heavy atom. The van der Waals surface area contributed by atoms with Gasteiger partial charge in [0.1, 0.15) is 12.4 Å². The highest BCUT2D eigenvalue weighted by atomic mass is 35.5. The molecule has 0 aliphatic carbocycles. The Hall–Kier alpha value is -1.56. The molecule has 6 heteroatoms. The predicted molar refractivity (Wildman–Crippen MR) is 104 cm³/mol. The van der Waals surface area contributed by atoms with E-state index in [0.717, 1.165) is 37.4 Å². The lowest BCUT2D eigenvalue weighted by Crippen LogP contribution is -3.12. The molecule has 1 amide bonds. The number of amides is 1. The maximum absolute atomic E-state index is 13.2. The maximum atomic E-state index is 13.2. The molecule has 0 atom stereocenters. The smallest absolute Gasteiger partial charge is 0.230 e. The van der Waals surface area contributed by atoms with Crippen molar-refractivity contribution >= 4 is 29.3 Å². The molecule has 3 rings (SSSR count). The first-order valence-corrected chi connectivity index (χ1v) is 10.2. The highest BCUT2D eigenvalue weighted by Gasteiger charge is 2.23. The van der Waals surface area contributed by atoms with Gasteiger partial charge in [0.15, 0.2) is 0 Å². The van der Waals surface area contributed by atoms with Gasteiger partial charge in [-0.15, -0.1) is 11.8 Å². The summed E-state index contributed by atoms with van der Waals surface area (Å²) in [4.78, 5) is 14.5. The molecule has 2 N–H and O–H groups in total. The monoisotopic (exact) mass is 393 g/mol. The number of carbonyl (C=O) groups excluding carboxylic acids is 1. The summed E-state index contributed by atoms with van der Waals surface area (Å²) in [7, 11) is 0. The summed E-state index contributed by atoms with van der Waals surface area (Å²) in [6, 6.07) is 15.3. The lowest BCUT2D eigenvalue weighted by Gasteiger charge is -2.29. The van der Waals surface area contributed by atoms with Crippen molar-refractivity contribution in [1.29, 1.82) is 0 Å². The van der Waals surface area contributed by atoms with Gasteiger partial charge in [-0.05, 0) is 18.2 Å². The fourth-order valence-electron chi connectivity index (χ4n) is 3.22. The summed E-state index contributed by atoms with van der Waals surface area (Å²) in [5.41, 5.74) is 1.36. The number of hydrogen-bond acceptors (Lipinski definition) is 2. The first kappa shape index (κ1) is 19.2. The van der Waals surface area contributed by atoms with Gasteiger partial charge in [-0.3, -0.25) is 4.79 Å². The number of thioether (sulfide) groups is 1. The zero-order valence-corrected chi connectivity index (χ0v) is 16.1. The normalized spacial score (nSPS) is 19.9. The van der Waals surface area contributed by atoms with E-state index in [-0.39, 0.29) is 17.0 Å². The Labute approximate surface area is 162 Å². The zero-order valence-electron chi connectivity index (χ0n) is 14.5. The third-order valence-electron chi connectivity index (χ3n) is 4.62. The Morgan fingerprint density at radius 1 is 1.19 bits per heavy atom. The van der Waals surface area contributed by atoms with Gasteiger partial charge in [-0.1, -0.05) is 41.9 Å². The first-order chi connectivity index (χ1) is 12.6. The minimum Gasteiger partial charge on any atom is -0.352 e. The van der Waals surface area contributed by atoms with Crippen molar-refractivity contribution in [2.24, 2.45) is 0 Å². The average molecular weight is 394 g/mol. The molecule has 0 unspecified atom stereocenters. The number of hydrogen-bond donors (Lipinski definition) is 2. The van der Waals surface area contributed by atoms with Crippen molar-refractivity contribution < 1.29 is 14.1 Å². The number of nitrogens with one attached hydrogen (secondary N) is 2. The molecule has 0 bridgehead atoms. The van der Waals surface area contributed by atoms with Gasteiger partial charge in [-0.2, -0.15) is 0 Å². The van der Waals surface area contributed by atoms with Crippen LogP contribution in [0.4, 0.5) is 4.39 Å². The Morgan fingerprint density at radius 3 is 2.62 bits per heavy atom. The van der Waals surface area contributed by atoms with Crippen LogP contribution in [0.5, 0.6) is 0 Å². The summed E-state index contributed by atoms with van der Waals surface area (Å²) >= 11 is 7.14. The van der Waals surface area contributed by atoms with Gasteiger partial charge in [0.2, 0.25) is 5.91 Å². The van der Waals surface area contributed by atoms with E-state index in [0.29, 0.717) is 5.75 Å². The Bertz CT molecular complexity index is 736. The second kappa shape index (κ2) is 9.40. The molecule has 0 radical (unpaired) electrons. The van der Waals surface area contributed by atoms with Crippen LogP contribution in [0.2, 0.25) is 5.02 Å². The first-order valence-electron chi connectivity index (χ1n) is 8.85. The van der Waals surface area contributed by atoms with E-state index in [9.17, 15) is 9.18 Å². The molecule has 3 nitrogen and oxygen atoms in total. The molecule has 0 saturated carbocycles. The van der Waals surface area contributed by atoms with Crippen LogP contribution in [-0.2, 0) is 11.3 Å². The van der Waals surface area contributed by atoms with Crippen molar-refractivity contribution in [3.63, 3.8) is 0 Å².